The fourth-order valence-electron chi connectivity index (χ4n) is 1.48. The summed E-state index contributed by atoms with van der Waals surface area (Å²) in [6.45, 7) is 2.16. The van der Waals surface area contributed by atoms with Crippen LogP contribution in [0.1, 0.15) is 21.7 Å². The summed E-state index contributed by atoms with van der Waals surface area (Å²) in [7, 11) is 0. The Balaban J connectivity index is 2.04. The largest absolute Gasteiger partial charge is 0.368 e. The SMILES string of the molecule is Cc1cc(C(=O)NCc2cccnc2)nc(N)n1. The number of pyridine rings is 1. The molecule has 2 aromatic heterocycles. The van der Waals surface area contributed by atoms with E-state index in [1.54, 1.807) is 25.4 Å². The third kappa shape index (κ3) is 3.00. The highest BCUT2D eigenvalue weighted by Gasteiger charge is 2.08. The van der Waals surface area contributed by atoms with Crippen LogP contribution >= 0.6 is 0 Å². The molecule has 0 fully saturated rings. The second kappa shape index (κ2) is 5.22. The normalized spacial score (nSPS) is 10.1. The zero-order chi connectivity index (χ0) is 13.0. The van der Waals surface area contributed by atoms with E-state index >= 15 is 0 Å². The molecule has 6 nitrogen and oxygen atoms in total. The summed E-state index contributed by atoms with van der Waals surface area (Å²) in [5, 5.41) is 2.74. The Morgan fingerprint density at radius 1 is 1.44 bits per heavy atom. The first kappa shape index (κ1) is 12.0. The van der Waals surface area contributed by atoms with E-state index in [1.165, 1.54) is 0 Å². The van der Waals surface area contributed by atoms with E-state index in [-0.39, 0.29) is 17.5 Å². The smallest absolute Gasteiger partial charge is 0.270 e. The summed E-state index contributed by atoms with van der Waals surface area (Å²) < 4.78 is 0. The summed E-state index contributed by atoms with van der Waals surface area (Å²) >= 11 is 0. The Morgan fingerprint density at radius 2 is 2.28 bits per heavy atom. The highest BCUT2D eigenvalue weighted by Crippen LogP contribution is 2.02. The van der Waals surface area contributed by atoms with E-state index in [0.29, 0.717) is 12.2 Å². The molecule has 0 aromatic carbocycles. The number of nitrogens with one attached hydrogen (secondary N) is 1. The van der Waals surface area contributed by atoms with Crippen molar-refractivity contribution in [2.45, 2.75) is 13.5 Å². The van der Waals surface area contributed by atoms with Gasteiger partial charge in [0.25, 0.3) is 5.91 Å². The number of anilines is 1. The maximum Gasteiger partial charge on any atom is 0.270 e. The van der Waals surface area contributed by atoms with Gasteiger partial charge in [-0.3, -0.25) is 9.78 Å². The number of hydrogen-bond donors (Lipinski definition) is 2. The third-order valence-electron chi connectivity index (χ3n) is 2.28. The van der Waals surface area contributed by atoms with Crippen molar-refractivity contribution in [1.29, 1.82) is 0 Å². The number of carbonyl (C=O) groups is 1. The van der Waals surface area contributed by atoms with Crippen molar-refractivity contribution in [3.05, 3.63) is 47.5 Å². The van der Waals surface area contributed by atoms with Gasteiger partial charge in [-0.1, -0.05) is 6.07 Å². The predicted octanol–water partition coefficient (Wildman–Crippen LogP) is 0.692. The Morgan fingerprint density at radius 3 is 2.94 bits per heavy atom. The van der Waals surface area contributed by atoms with Crippen LogP contribution in [0.3, 0.4) is 0 Å². The van der Waals surface area contributed by atoms with Crippen LogP contribution in [-0.4, -0.2) is 20.9 Å². The molecule has 3 N–H and O–H groups in total. The van der Waals surface area contributed by atoms with Crippen LogP contribution in [0.4, 0.5) is 5.95 Å². The average Bonchev–Trinajstić information content (AvgIpc) is 2.36. The van der Waals surface area contributed by atoms with E-state index < -0.39 is 0 Å². The van der Waals surface area contributed by atoms with Crippen LogP contribution in [0.5, 0.6) is 0 Å². The third-order valence-corrected chi connectivity index (χ3v) is 2.28. The van der Waals surface area contributed by atoms with Gasteiger partial charge in [-0.15, -0.1) is 0 Å². The fraction of sp³-hybridized carbons (Fsp3) is 0.167. The number of nitrogen functional groups attached to an aromatic ring is 1. The molecule has 0 atom stereocenters. The maximum atomic E-state index is 11.8. The van der Waals surface area contributed by atoms with Crippen LogP contribution in [0.15, 0.2) is 30.6 Å². The van der Waals surface area contributed by atoms with Crippen molar-refractivity contribution in [2.75, 3.05) is 5.73 Å². The molecule has 0 spiro atoms. The van der Waals surface area contributed by atoms with Crippen LogP contribution in [0.25, 0.3) is 0 Å². The van der Waals surface area contributed by atoms with Gasteiger partial charge in [0, 0.05) is 24.6 Å². The lowest BCUT2D eigenvalue weighted by Gasteiger charge is -2.05. The van der Waals surface area contributed by atoms with Gasteiger partial charge in [0.15, 0.2) is 0 Å². The number of rotatable bonds is 3. The molecule has 0 aliphatic rings. The second-order valence-electron chi connectivity index (χ2n) is 3.80. The summed E-state index contributed by atoms with van der Waals surface area (Å²) in [5.41, 5.74) is 7.34. The van der Waals surface area contributed by atoms with Gasteiger partial charge in [-0.05, 0) is 24.6 Å². The minimum Gasteiger partial charge on any atom is -0.368 e. The van der Waals surface area contributed by atoms with Gasteiger partial charge in [-0.2, -0.15) is 0 Å². The summed E-state index contributed by atoms with van der Waals surface area (Å²) in [4.78, 5) is 23.6. The molecule has 0 aliphatic heterocycles. The standard InChI is InChI=1S/C12H13N5O/c1-8-5-10(17-12(13)16-8)11(18)15-7-9-3-2-4-14-6-9/h2-6H,7H2,1H3,(H,15,18)(H2,13,16,17). The first-order valence-electron chi connectivity index (χ1n) is 5.43. The first-order valence-corrected chi connectivity index (χ1v) is 5.43. The lowest BCUT2D eigenvalue weighted by atomic mass is 10.2. The minimum absolute atomic E-state index is 0.0986. The lowest BCUT2D eigenvalue weighted by molar-refractivity contribution is 0.0945. The zero-order valence-corrected chi connectivity index (χ0v) is 9.92. The van der Waals surface area contributed by atoms with Crippen molar-refractivity contribution < 1.29 is 4.79 Å². The molecular weight excluding hydrogens is 230 g/mol. The van der Waals surface area contributed by atoms with Gasteiger partial charge in [0.05, 0.1) is 0 Å². The fourth-order valence-corrected chi connectivity index (χ4v) is 1.48. The number of nitrogens with zero attached hydrogens (tertiary/aromatic N) is 3. The van der Waals surface area contributed by atoms with E-state index in [9.17, 15) is 4.79 Å². The van der Waals surface area contributed by atoms with Crippen LogP contribution in [0, 0.1) is 6.92 Å². The Kier molecular flexibility index (Phi) is 3.47. The monoisotopic (exact) mass is 243 g/mol. The van der Waals surface area contributed by atoms with Crippen LogP contribution in [-0.2, 0) is 6.54 Å². The van der Waals surface area contributed by atoms with Crippen molar-refractivity contribution in [1.82, 2.24) is 20.3 Å². The van der Waals surface area contributed by atoms with Crippen molar-refractivity contribution >= 4 is 11.9 Å². The number of aromatic nitrogens is 3. The summed E-state index contributed by atoms with van der Waals surface area (Å²) in [6.07, 6.45) is 3.37. The minimum atomic E-state index is -0.281. The highest BCUT2D eigenvalue weighted by molar-refractivity contribution is 5.92. The Hall–Kier alpha value is -2.50. The van der Waals surface area contributed by atoms with E-state index in [0.717, 1.165) is 5.56 Å². The molecular formula is C12H13N5O. The second-order valence-corrected chi connectivity index (χ2v) is 3.80. The number of carbonyl (C=O) groups excluding carboxylic acids is 1. The van der Waals surface area contributed by atoms with Gasteiger partial charge >= 0.3 is 0 Å². The van der Waals surface area contributed by atoms with Crippen LogP contribution < -0.4 is 11.1 Å². The maximum absolute atomic E-state index is 11.8. The number of hydrogen-bond acceptors (Lipinski definition) is 5. The molecule has 2 aromatic rings. The molecule has 6 heteroatoms. The van der Waals surface area contributed by atoms with Crippen molar-refractivity contribution in [3.8, 4) is 0 Å². The summed E-state index contributed by atoms with van der Waals surface area (Å²) in [6, 6.07) is 5.29. The molecule has 92 valence electrons. The zero-order valence-electron chi connectivity index (χ0n) is 9.92. The molecule has 0 saturated heterocycles. The molecule has 1 amide bonds. The topological polar surface area (TPSA) is 93.8 Å². The lowest BCUT2D eigenvalue weighted by Crippen LogP contribution is -2.24. The summed E-state index contributed by atoms with van der Waals surface area (Å²) in [5.74, 6) is -0.183. The quantitative estimate of drug-likeness (QED) is 0.827. The average molecular weight is 243 g/mol. The molecule has 0 unspecified atom stereocenters. The number of nitrogens with two attached hydrogens (primary N) is 1. The van der Waals surface area contributed by atoms with E-state index in [1.807, 2.05) is 12.1 Å². The van der Waals surface area contributed by atoms with Gasteiger partial charge in [-0.25, -0.2) is 9.97 Å². The first-order chi connectivity index (χ1) is 8.65. The highest BCUT2D eigenvalue weighted by atomic mass is 16.1. The van der Waals surface area contributed by atoms with Gasteiger partial charge in [0.2, 0.25) is 5.95 Å². The Labute approximate surface area is 104 Å². The molecule has 0 radical (unpaired) electrons. The molecule has 2 rings (SSSR count). The molecule has 0 saturated carbocycles. The van der Waals surface area contributed by atoms with Crippen LogP contribution in [0.2, 0.25) is 0 Å². The molecule has 18 heavy (non-hydrogen) atoms. The van der Waals surface area contributed by atoms with Gasteiger partial charge < -0.3 is 11.1 Å². The number of aryl methyl sites for hydroxylation is 1. The Bertz CT molecular complexity index is 535. The molecule has 0 aliphatic carbocycles. The van der Waals surface area contributed by atoms with E-state index in [4.69, 9.17) is 5.73 Å². The molecule has 2 heterocycles. The number of amides is 1. The van der Waals surface area contributed by atoms with E-state index in [2.05, 4.69) is 20.3 Å². The van der Waals surface area contributed by atoms with Gasteiger partial charge in [0.1, 0.15) is 5.69 Å². The molecule has 0 bridgehead atoms. The predicted molar refractivity (Wildman–Crippen MR) is 66.6 cm³/mol. The van der Waals surface area contributed by atoms with Crippen molar-refractivity contribution in [3.63, 3.8) is 0 Å². The van der Waals surface area contributed by atoms with Crippen molar-refractivity contribution in [2.24, 2.45) is 0 Å².